The third kappa shape index (κ3) is 5.49. The summed E-state index contributed by atoms with van der Waals surface area (Å²) in [4.78, 5) is 1.18. The van der Waals surface area contributed by atoms with Crippen molar-refractivity contribution in [1.82, 2.24) is 0 Å². The molecule has 0 N–H and O–H groups in total. The summed E-state index contributed by atoms with van der Waals surface area (Å²) >= 11 is 2.02. The summed E-state index contributed by atoms with van der Waals surface area (Å²) in [6.45, 7) is 14.0. The van der Waals surface area contributed by atoms with Gasteiger partial charge in [-0.3, -0.25) is 0 Å². The first-order valence-corrected chi connectivity index (χ1v) is 13.7. The van der Waals surface area contributed by atoms with E-state index in [9.17, 15) is 13.2 Å². The normalized spacial score (nSPS) is 12.4. The summed E-state index contributed by atoms with van der Waals surface area (Å²) in [7, 11) is -1.71. The lowest BCUT2D eigenvalue weighted by molar-refractivity contribution is -0.137. The van der Waals surface area contributed by atoms with Gasteiger partial charge < -0.3 is 0 Å². The van der Waals surface area contributed by atoms with E-state index >= 15 is 0 Å². The highest BCUT2D eigenvalue weighted by Crippen LogP contribution is 2.52. The zero-order valence-corrected chi connectivity index (χ0v) is 19.7. The molecule has 0 aromatic heterocycles. The van der Waals surface area contributed by atoms with Crippen LogP contribution < -0.4 is 0 Å². The SMILES string of the molecule is CC(C)[Si](Sc1ccccc1C#Cc1ccc(C(F)(F)F)cc1)(C(C)C)C(C)C. The molecule has 0 nitrogen and oxygen atoms in total. The van der Waals surface area contributed by atoms with Crippen molar-refractivity contribution in [3.8, 4) is 11.8 Å². The van der Waals surface area contributed by atoms with Crippen LogP contribution in [0.5, 0.6) is 0 Å². The van der Waals surface area contributed by atoms with Crippen molar-refractivity contribution in [2.24, 2.45) is 0 Å². The molecule has 0 saturated heterocycles. The molecule has 0 spiro atoms. The van der Waals surface area contributed by atoms with Gasteiger partial charge in [0.25, 0.3) is 0 Å². The Morgan fingerprint density at radius 1 is 0.759 bits per heavy atom. The molecule has 2 rings (SSSR count). The van der Waals surface area contributed by atoms with Gasteiger partial charge >= 0.3 is 6.18 Å². The standard InChI is InChI=1S/C24H29F3SSi/c1-17(2)29(18(3)4,19(5)6)28-23-10-8-7-9-21(23)14-11-20-12-15-22(16-13-20)24(25,26)27/h7-10,12-13,15-19H,1-6H3. The highest BCUT2D eigenvalue weighted by Gasteiger charge is 2.44. The fraction of sp³-hybridized carbons (Fsp3) is 0.417. The number of alkyl halides is 3. The molecule has 0 saturated carbocycles. The van der Waals surface area contributed by atoms with Crippen LogP contribution in [0.3, 0.4) is 0 Å². The van der Waals surface area contributed by atoms with E-state index in [1.54, 1.807) is 0 Å². The van der Waals surface area contributed by atoms with Crippen LogP contribution >= 0.6 is 11.2 Å². The van der Waals surface area contributed by atoms with Crippen molar-refractivity contribution in [1.29, 1.82) is 0 Å². The van der Waals surface area contributed by atoms with E-state index in [0.717, 1.165) is 17.7 Å². The number of hydrogen-bond acceptors (Lipinski definition) is 1. The minimum Gasteiger partial charge on any atom is -0.166 e. The first kappa shape index (κ1) is 23.6. The van der Waals surface area contributed by atoms with Crippen LogP contribution in [0.25, 0.3) is 0 Å². The summed E-state index contributed by atoms with van der Waals surface area (Å²) in [6.07, 6.45) is -4.33. The van der Waals surface area contributed by atoms with Gasteiger partial charge in [-0.25, -0.2) is 0 Å². The van der Waals surface area contributed by atoms with Crippen molar-refractivity contribution in [2.45, 2.75) is 69.2 Å². The van der Waals surface area contributed by atoms with Gasteiger partial charge in [-0.1, -0.05) is 65.5 Å². The second-order valence-electron chi connectivity index (χ2n) is 8.24. The maximum absolute atomic E-state index is 12.7. The molecular formula is C24H29F3SSi. The molecule has 5 heteroatoms. The maximum Gasteiger partial charge on any atom is 0.416 e. The van der Waals surface area contributed by atoms with Crippen molar-refractivity contribution < 1.29 is 13.2 Å². The van der Waals surface area contributed by atoms with E-state index in [1.807, 2.05) is 29.4 Å². The third-order valence-corrected chi connectivity index (χ3v) is 17.7. The summed E-state index contributed by atoms with van der Waals surface area (Å²) in [5, 5.41) is 0. The Bertz CT molecular complexity index is 850. The van der Waals surface area contributed by atoms with Crippen molar-refractivity contribution in [3.05, 3.63) is 65.2 Å². The van der Waals surface area contributed by atoms with Crippen LogP contribution in [0, 0.1) is 11.8 Å². The smallest absolute Gasteiger partial charge is 0.166 e. The van der Waals surface area contributed by atoms with Gasteiger partial charge in [0.2, 0.25) is 0 Å². The predicted octanol–water partition coefficient (Wildman–Crippen LogP) is 8.37. The van der Waals surface area contributed by atoms with Crippen molar-refractivity contribution >= 4 is 18.4 Å². The van der Waals surface area contributed by atoms with Gasteiger partial charge in [0.1, 0.15) is 7.22 Å². The van der Waals surface area contributed by atoms with Gasteiger partial charge in [-0.2, -0.15) is 13.2 Å². The van der Waals surface area contributed by atoms with Gasteiger partial charge in [0.05, 0.1) is 5.56 Å². The molecule has 2 aromatic carbocycles. The van der Waals surface area contributed by atoms with Crippen LogP contribution in [-0.2, 0) is 6.18 Å². The summed E-state index contributed by atoms with van der Waals surface area (Å²) in [6, 6.07) is 13.1. The average Bonchev–Trinajstić information content (AvgIpc) is 2.64. The van der Waals surface area contributed by atoms with Gasteiger partial charge in [-0.05, 0) is 53.0 Å². The molecule has 0 unspecified atom stereocenters. The molecule has 0 aliphatic carbocycles. The first-order chi connectivity index (χ1) is 13.5. The zero-order chi connectivity index (χ0) is 21.8. The highest BCUT2D eigenvalue weighted by atomic mass is 32.4. The van der Waals surface area contributed by atoms with Crippen LogP contribution in [0.1, 0.15) is 58.2 Å². The van der Waals surface area contributed by atoms with E-state index in [4.69, 9.17) is 0 Å². The van der Waals surface area contributed by atoms with E-state index in [2.05, 4.69) is 59.4 Å². The fourth-order valence-electron chi connectivity index (χ4n) is 4.08. The highest BCUT2D eigenvalue weighted by molar-refractivity contribution is 8.29. The second kappa shape index (κ2) is 9.45. The Morgan fingerprint density at radius 2 is 1.28 bits per heavy atom. The Hall–Kier alpha value is -1.64. The Balaban J connectivity index is 2.38. The molecule has 0 radical (unpaired) electrons. The van der Waals surface area contributed by atoms with Crippen molar-refractivity contribution in [2.75, 3.05) is 0 Å². The number of hydrogen-bond donors (Lipinski definition) is 0. The minimum atomic E-state index is -4.33. The summed E-state index contributed by atoms with van der Waals surface area (Å²) in [5.41, 5.74) is 2.71. The summed E-state index contributed by atoms with van der Waals surface area (Å²) < 4.78 is 38.2. The quantitative estimate of drug-likeness (QED) is 0.336. The first-order valence-electron chi connectivity index (χ1n) is 9.95. The van der Waals surface area contributed by atoms with Crippen LogP contribution in [0.15, 0.2) is 53.4 Å². The lowest BCUT2D eigenvalue weighted by Gasteiger charge is -2.42. The van der Waals surface area contributed by atoms with E-state index in [1.165, 1.54) is 17.0 Å². The fourth-order valence-corrected chi connectivity index (χ4v) is 13.3. The second-order valence-corrected chi connectivity index (χ2v) is 16.8. The van der Waals surface area contributed by atoms with Crippen LogP contribution in [0.2, 0.25) is 16.6 Å². The van der Waals surface area contributed by atoms with E-state index in [-0.39, 0.29) is 0 Å². The van der Waals surface area contributed by atoms with Gasteiger partial charge in [0, 0.05) is 16.0 Å². The molecule has 0 fully saturated rings. The largest absolute Gasteiger partial charge is 0.416 e. The van der Waals surface area contributed by atoms with Crippen LogP contribution in [0.4, 0.5) is 13.2 Å². The molecule has 0 aliphatic rings. The number of rotatable bonds is 5. The third-order valence-electron chi connectivity index (χ3n) is 5.43. The molecule has 29 heavy (non-hydrogen) atoms. The molecule has 0 amide bonds. The monoisotopic (exact) mass is 434 g/mol. The summed E-state index contributed by atoms with van der Waals surface area (Å²) in [5.74, 6) is 6.24. The maximum atomic E-state index is 12.7. The number of halogens is 3. The van der Waals surface area contributed by atoms with Crippen molar-refractivity contribution in [3.63, 3.8) is 0 Å². The topological polar surface area (TPSA) is 0 Å². The lowest BCUT2D eigenvalue weighted by atomic mass is 10.1. The Kier molecular flexibility index (Phi) is 7.70. The predicted molar refractivity (Wildman–Crippen MR) is 121 cm³/mol. The minimum absolute atomic E-state index is 0.581. The molecule has 0 bridgehead atoms. The lowest BCUT2D eigenvalue weighted by Crippen LogP contribution is -2.41. The Labute approximate surface area is 178 Å². The van der Waals surface area contributed by atoms with E-state index in [0.29, 0.717) is 22.2 Å². The molecule has 2 aromatic rings. The zero-order valence-electron chi connectivity index (χ0n) is 17.9. The molecule has 0 heterocycles. The van der Waals surface area contributed by atoms with E-state index < -0.39 is 19.0 Å². The number of benzene rings is 2. The molecular weight excluding hydrogens is 405 g/mol. The molecule has 156 valence electrons. The molecule has 0 aliphatic heterocycles. The van der Waals surface area contributed by atoms with Gasteiger partial charge in [-0.15, -0.1) is 11.2 Å². The van der Waals surface area contributed by atoms with Crippen LogP contribution in [-0.4, -0.2) is 7.22 Å². The molecule has 0 atom stereocenters. The Morgan fingerprint density at radius 3 is 1.76 bits per heavy atom. The van der Waals surface area contributed by atoms with Gasteiger partial charge in [0.15, 0.2) is 0 Å². The average molecular weight is 435 g/mol.